The molecule has 0 unspecified atom stereocenters. The average molecular weight is 179 g/mol. The molecule has 2 rings (SSSR count). The van der Waals surface area contributed by atoms with Gasteiger partial charge in [0, 0.05) is 6.54 Å². The van der Waals surface area contributed by atoms with E-state index >= 15 is 0 Å². The molecule has 0 bridgehead atoms. The van der Waals surface area contributed by atoms with Gasteiger partial charge in [-0.15, -0.1) is 0 Å². The molecule has 62 valence electrons. The molecule has 0 amide bonds. The van der Waals surface area contributed by atoms with Crippen molar-refractivity contribution in [1.29, 1.82) is 0 Å². The van der Waals surface area contributed by atoms with Crippen LogP contribution in [0.25, 0.3) is 0 Å². The third-order valence-electron chi connectivity index (χ3n) is 1.68. The summed E-state index contributed by atoms with van der Waals surface area (Å²) < 4.78 is 1.84. The maximum absolute atomic E-state index is 4.02. The summed E-state index contributed by atoms with van der Waals surface area (Å²) in [5.74, 6) is 0. The first-order chi connectivity index (χ1) is 5.95. The van der Waals surface area contributed by atoms with Gasteiger partial charge in [-0.25, -0.2) is 4.98 Å². The summed E-state index contributed by atoms with van der Waals surface area (Å²) in [6, 6.07) is 2.14. The van der Waals surface area contributed by atoms with Crippen LogP contribution in [0.15, 0.2) is 29.5 Å². The number of nitrogens with zero attached hydrogens (tertiary/aromatic N) is 3. The quantitative estimate of drug-likeness (QED) is 0.716. The Bertz CT molecular complexity index is 278. The van der Waals surface area contributed by atoms with Crippen molar-refractivity contribution in [3.05, 3.63) is 35.0 Å². The van der Waals surface area contributed by atoms with Crippen LogP contribution >= 0.6 is 11.3 Å². The molecule has 12 heavy (non-hydrogen) atoms. The molecule has 0 N–H and O–H groups in total. The predicted octanol–water partition coefficient (Wildman–Crippen LogP) is 1.58. The number of hydrogen-bond acceptors (Lipinski definition) is 3. The van der Waals surface area contributed by atoms with Gasteiger partial charge in [-0.3, -0.25) is 4.68 Å². The molecular weight excluding hydrogens is 170 g/mol. The monoisotopic (exact) mass is 179 g/mol. The summed E-state index contributed by atoms with van der Waals surface area (Å²) in [5, 5.41) is 8.28. The first kappa shape index (κ1) is 7.49. The van der Waals surface area contributed by atoms with Gasteiger partial charge in [0.25, 0.3) is 0 Å². The summed E-state index contributed by atoms with van der Waals surface area (Å²) in [4.78, 5) is 3.88. The highest BCUT2D eigenvalue weighted by Crippen LogP contribution is 2.06. The van der Waals surface area contributed by atoms with Crippen LogP contribution in [0.2, 0.25) is 0 Å². The van der Waals surface area contributed by atoms with E-state index in [-0.39, 0.29) is 0 Å². The fourth-order valence-electron chi connectivity index (χ4n) is 1.03. The van der Waals surface area contributed by atoms with Crippen LogP contribution in [0.4, 0.5) is 0 Å². The van der Waals surface area contributed by atoms with Crippen LogP contribution in [-0.4, -0.2) is 14.8 Å². The van der Waals surface area contributed by atoms with Crippen LogP contribution in [0.1, 0.15) is 5.56 Å². The van der Waals surface area contributed by atoms with Crippen molar-refractivity contribution in [3.8, 4) is 0 Å². The summed E-state index contributed by atoms with van der Waals surface area (Å²) in [7, 11) is 0. The normalized spacial score (nSPS) is 10.3. The zero-order valence-corrected chi connectivity index (χ0v) is 7.37. The predicted molar refractivity (Wildman–Crippen MR) is 48.0 cm³/mol. The number of hydrogen-bond donors (Lipinski definition) is 0. The van der Waals surface area contributed by atoms with Crippen molar-refractivity contribution < 1.29 is 0 Å². The van der Waals surface area contributed by atoms with Gasteiger partial charge in [-0.1, -0.05) is 0 Å². The van der Waals surface area contributed by atoms with E-state index in [9.17, 15) is 0 Å². The molecule has 0 aliphatic heterocycles. The van der Waals surface area contributed by atoms with Gasteiger partial charge in [0.1, 0.15) is 12.7 Å². The largest absolute Gasteiger partial charge is 0.253 e. The lowest BCUT2D eigenvalue weighted by Gasteiger charge is -1.96. The van der Waals surface area contributed by atoms with E-state index in [1.807, 2.05) is 4.68 Å². The van der Waals surface area contributed by atoms with Crippen LogP contribution in [0, 0.1) is 0 Å². The van der Waals surface area contributed by atoms with Gasteiger partial charge in [-0.2, -0.15) is 16.4 Å². The zero-order valence-electron chi connectivity index (χ0n) is 6.55. The molecule has 2 heterocycles. The van der Waals surface area contributed by atoms with Crippen LogP contribution < -0.4 is 0 Å². The Morgan fingerprint density at radius 2 is 2.50 bits per heavy atom. The van der Waals surface area contributed by atoms with Crippen molar-refractivity contribution in [3.63, 3.8) is 0 Å². The van der Waals surface area contributed by atoms with Crippen LogP contribution in [-0.2, 0) is 13.0 Å². The first-order valence-electron chi connectivity index (χ1n) is 3.78. The number of rotatable bonds is 3. The van der Waals surface area contributed by atoms with Crippen LogP contribution in [0.3, 0.4) is 0 Å². The highest BCUT2D eigenvalue weighted by Gasteiger charge is 1.94. The molecule has 0 saturated heterocycles. The Labute approximate surface area is 74.7 Å². The lowest BCUT2D eigenvalue weighted by molar-refractivity contribution is 0.614. The van der Waals surface area contributed by atoms with Crippen molar-refractivity contribution in [1.82, 2.24) is 14.8 Å². The second-order valence-corrected chi connectivity index (χ2v) is 3.32. The highest BCUT2D eigenvalue weighted by atomic mass is 32.1. The van der Waals surface area contributed by atoms with Crippen molar-refractivity contribution in [2.24, 2.45) is 0 Å². The Morgan fingerprint density at radius 3 is 3.17 bits per heavy atom. The molecule has 0 radical (unpaired) electrons. The molecule has 2 aromatic heterocycles. The molecule has 3 nitrogen and oxygen atoms in total. The van der Waals surface area contributed by atoms with Gasteiger partial charge in [0.2, 0.25) is 0 Å². The summed E-state index contributed by atoms with van der Waals surface area (Å²) in [5.41, 5.74) is 1.37. The van der Waals surface area contributed by atoms with Gasteiger partial charge >= 0.3 is 0 Å². The zero-order chi connectivity index (χ0) is 8.23. The lowest BCUT2D eigenvalue weighted by atomic mass is 10.2. The molecule has 0 aliphatic rings. The smallest absolute Gasteiger partial charge is 0.137 e. The van der Waals surface area contributed by atoms with E-state index in [0.29, 0.717) is 0 Å². The third-order valence-corrected chi connectivity index (χ3v) is 2.41. The second-order valence-electron chi connectivity index (χ2n) is 2.54. The Balaban J connectivity index is 1.91. The molecule has 0 aromatic carbocycles. The molecule has 4 heteroatoms. The fourth-order valence-corrected chi connectivity index (χ4v) is 1.73. The van der Waals surface area contributed by atoms with Gasteiger partial charge in [-0.05, 0) is 28.8 Å². The van der Waals surface area contributed by atoms with E-state index in [2.05, 4.69) is 26.9 Å². The highest BCUT2D eigenvalue weighted by molar-refractivity contribution is 7.07. The Kier molecular flexibility index (Phi) is 2.18. The molecule has 2 aromatic rings. The number of aryl methyl sites for hydroxylation is 2. The topological polar surface area (TPSA) is 30.7 Å². The number of thiophene rings is 1. The van der Waals surface area contributed by atoms with E-state index in [4.69, 9.17) is 0 Å². The molecular formula is C8H9N3S. The Hall–Kier alpha value is -1.16. The van der Waals surface area contributed by atoms with E-state index in [1.54, 1.807) is 24.0 Å². The summed E-state index contributed by atoms with van der Waals surface area (Å²) in [6.07, 6.45) is 4.34. The SMILES string of the molecule is c1ncn(CCc2ccsc2)n1. The fraction of sp³-hybridized carbons (Fsp3) is 0.250. The lowest BCUT2D eigenvalue weighted by Crippen LogP contribution is -2.00. The molecule has 0 fully saturated rings. The van der Waals surface area contributed by atoms with E-state index < -0.39 is 0 Å². The molecule has 0 atom stereocenters. The first-order valence-corrected chi connectivity index (χ1v) is 4.73. The molecule has 0 saturated carbocycles. The van der Waals surface area contributed by atoms with Crippen LogP contribution in [0.5, 0.6) is 0 Å². The minimum Gasteiger partial charge on any atom is -0.253 e. The molecule has 0 aliphatic carbocycles. The Morgan fingerprint density at radius 1 is 1.50 bits per heavy atom. The second kappa shape index (κ2) is 3.49. The van der Waals surface area contributed by atoms with Crippen molar-refractivity contribution in [2.45, 2.75) is 13.0 Å². The maximum atomic E-state index is 4.02. The van der Waals surface area contributed by atoms with E-state index in [0.717, 1.165) is 13.0 Å². The minimum atomic E-state index is 0.913. The standard InChI is InChI=1S/C8H9N3S/c1(8-2-4-12-5-8)3-11-7-9-6-10-11/h2,4-7H,1,3H2. The summed E-state index contributed by atoms with van der Waals surface area (Å²) in [6.45, 7) is 0.913. The van der Waals surface area contributed by atoms with Gasteiger partial charge in [0.15, 0.2) is 0 Å². The van der Waals surface area contributed by atoms with Crippen molar-refractivity contribution in [2.75, 3.05) is 0 Å². The summed E-state index contributed by atoms with van der Waals surface area (Å²) >= 11 is 1.73. The van der Waals surface area contributed by atoms with Gasteiger partial charge < -0.3 is 0 Å². The molecule has 0 spiro atoms. The average Bonchev–Trinajstić information content (AvgIpc) is 2.74. The maximum Gasteiger partial charge on any atom is 0.137 e. The van der Waals surface area contributed by atoms with Crippen molar-refractivity contribution >= 4 is 11.3 Å². The van der Waals surface area contributed by atoms with E-state index in [1.165, 1.54) is 5.56 Å². The third kappa shape index (κ3) is 1.71. The minimum absolute atomic E-state index is 0.913. The number of aromatic nitrogens is 3. The van der Waals surface area contributed by atoms with Gasteiger partial charge in [0.05, 0.1) is 0 Å².